The standard InChI is InChI=1S/C27H32FN5O/c1-18(2)17-33(22-8-5-19(28)6-9-22)23-12-10-21(11-13-23)31(3)25-15-26(34)32(4)24-14-7-20(16-29)30-27(24)25/h5-9,14-15,18,21,23H,10-13,17H2,1-4H3/t21-,23+. The van der Waals surface area contributed by atoms with Crippen molar-refractivity contribution >= 4 is 22.4 Å². The first-order chi connectivity index (χ1) is 16.3. The molecule has 0 unspecified atom stereocenters. The zero-order chi connectivity index (χ0) is 24.4. The second kappa shape index (κ2) is 9.84. The fraction of sp³-hybridized carbons (Fsp3) is 0.444. The summed E-state index contributed by atoms with van der Waals surface area (Å²) in [5, 5.41) is 9.33. The third-order valence-corrected chi connectivity index (χ3v) is 6.94. The molecule has 1 aromatic carbocycles. The van der Waals surface area contributed by atoms with E-state index in [1.54, 1.807) is 29.8 Å². The Morgan fingerprint density at radius 2 is 1.76 bits per heavy atom. The number of aromatic nitrogens is 2. The van der Waals surface area contributed by atoms with Gasteiger partial charge in [0, 0.05) is 44.5 Å². The number of nitrogens with zero attached hydrogens (tertiary/aromatic N) is 5. The first-order valence-corrected chi connectivity index (χ1v) is 11.9. The van der Waals surface area contributed by atoms with Crippen LogP contribution in [0.15, 0.2) is 47.3 Å². The van der Waals surface area contributed by atoms with E-state index in [4.69, 9.17) is 0 Å². The van der Waals surface area contributed by atoms with Crippen molar-refractivity contribution in [1.82, 2.24) is 9.55 Å². The number of rotatable bonds is 6. The Kier molecular flexibility index (Phi) is 6.87. The monoisotopic (exact) mass is 461 g/mol. The molecule has 3 aromatic rings. The van der Waals surface area contributed by atoms with E-state index >= 15 is 0 Å². The lowest BCUT2D eigenvalue weighted by Gasteiger charge is -2.42. The summed E-state index contributed by atoms with van der Waals surface area (Å²) in [6.45, 7) is 5.34. The van der Waals surface area contributed by atoms with Gasteiger partial charge < -0.3 is 14.4 Å². The lowest BCUT2D eigenvalue weighted by Crippen LogP contribution is -2.44. The minimum Gasteiger partial charge on any atom is -0.370 e. The summed E-state index contributed by atoms with van der Waals surface area (Å²) in [5.41, 5.74) is 3.50. The molecule has 0 aliphatic heterocycles. The van der Waals surface area contributed by atoms with Crippen LogP contribution in [0.3, 0.4) is 0 Å². The van der Waals surface area contributed by atoms with Gasteiger partial charge in [-0.2, -0.15) is 5.26 Å². The number of hydrogen-bond acceptors (Lipinski definition) is 5. The highest BCUT2D eigenvalue weighted by Gasteiger charge is 2.29. The molecule has 34 heavy (non-hydrogen) atoms. The summed E-state index contributed by atoms with van der Waals surface area (Å²) in [5.74, 6) is 0.283. The highest BCUT2D eigenvalue weighted by Crippen LogP contribution is 2.33. The maximum Gasteiger partial charge on any atom is 0.252 e. The quantitative estimate of drug-likeness (QED) is 0.525. The van der Waals surface area contributed by atoms with E-state index < -0.39 is 0 Å². The van der Waals surface area contributed by atoms with Crippen molar-refractivity contribution in [3.05, 3.63) is 64.3 Å². The Balaban J connectivity index is 1.56. The Morgan fingerprint density at radius 1 is 1.12 bits per heavy atom. The van der Waals surface area contributed by atoms with Crippen LogP contribution in [0.2, 0.25) is 0 Å². The second-order valence-corrected chi connectivity index (χ2v) is 9.70. The van der Waals surface area contributed by atoms with Crippen LogP contribution in [-0.2, 0) is 7.05 Å². The number of aryl methyl sites for hydroxylation is 1. The van der Waals surface area contributed by atoms with Gasteiger partial charge in [0.1, 0.15) is 23.1 Å². The van der Waals surface area contributed by atoms with Gasteiger partial charge in [0.05, 0.1) is 11.2 Å². The fourth-order valence-corrected chi connectivity index (χ4v) is 5.09. The summed E-state index contributed by atoms with van der Waals surface area (Å²) in [4.78, 5) is 21.8. The normalized spacial score (nSPS) is 18.1. The van der Waals surface area contributed by atoms with Crippen LogP contribution < -0.4 is 15.4 Å². The molecule has 0 atom stereocenters. The maximum absolute atomic E-state index is 13.5. The van der Waals surface area contributed by atoms with E-state index in [-0.39, 0.29) is 17.4 Å². The minimum atomic E-state index is -0.215. The molecule has 0 amide bonds. The van der Waals surface area contributed by atoms with Gasteiger partial charge >= 0.3 is 0 Å². The highest BCUT2D eigenvalue weighted by atomic mass is 19.1. The SMILES string of the molecule is CC(C)CN(c1ccc(F)cc1)[C@H]1CC[C@@H](N(C)c2cc(=O)n(C)c3ccc(C#N)nc23)CC1. The number of anilines is 2. The Bertz CT molecular complexity index is 1250. The number of halogens is 1. The van der Waals surface area contributed by atoms with Crippen LogP contribution >= 0.6 is 0 Å². The van der Waals surface area contributed by atoms with Crippen LogP contribution in [0, 0.1) is 23.1 Å². The fourth-order valence-electron chi connectivity index (χ4n) is 5.09. The average molecular weight is 462 g/mol. The minimum absolute atomic E-state index is 0.0889. The van der Waals surface area contributed by atoms with Gasteiger partial charge in [0.15, 0.2) is 0 Å². The number of hydrogen-bond donors (Lipinski definition) is 0. The van der Waals surface area contributed by atoms with Crippen LogP contribution in [-0.4, -0.2) is 35.2 Å². The first-order valence-electron chi connectivity index (χ1n) is 11.9. The third-order valence-electron chi connectivity index (χ3n) is 6.94. The topological polar surface area (TPSA) is 65.2 Å². The molecule has 2 heterocycles. The molecule has 0 bridgehead atoms. The van der Waals surface area contributed by atoms with Crippen LogP contribution in [0.25, 0.3) is 11.0 Å². The zero-order valence-electron chi connectivity index (χ0n) is 20.3. The van der Waals surface area contributed by atoms with E-state index in [9.17, 15) is 14.4 Å². The molecule has 1 fully saturated rings. The van der Waals surface area contributed by atoms with E-state index in [1.807, 2.05) is 19.2 Å². The van der Waals surface area contributed by atoms with Gasteiger partial charge in [0.25, 0.3) is 5.56 Å². The Morgan fingerprint density at radius 3 is 2.38 bits per heavy atom. The van der Waals surface area contributed by atoms with Gasteiger partial charge in [-0.05, 0) is 68.0 Å². The van der Waals surface area contributed by atoms with Gasteiger partial charge in [-0.25, -0.2) is 9.37 Å². The van der Waals surface area contributed by atoms with Crippen molar-refractivity contribution < 1.29 is 4.39 Å². The van der Waals surface area contributed by atoms with Gasteiger partial charge in [0.2, 0.25) is 0 Å². The van der Waals surface area contributed by atoms with Crippen molar-refractivity contribution in [3.8, 4) is 6.07 Å². The molecule has 0 spiro atoms. The van der Waals surface area contributed by atoms with E-state index in [2.05, 4.69) is 34.7 Å². The van der Waals surface area contributed by atoms with Gasteiger partial charge in [-0.3, -0.25) is 4.79 Å². The van der Waals surface area contributed by atoms with Gasteiger partial charge in [-0.1, -0.05) is 13.8 Å². The summed E-state index contributed by atoms with van der Waals surface area (Å²) in [6.07, 6.45) is 3.98. The highest BCUT2D eigenvalue weighted by molar-refractivity contribution is 5.88. The molecular weight excluding hydrogens is 429 g/mol. The number of pyridine rings is 2. The Labute approximate surface area is 200 Å². The predicted octanol–water partition coefficient (Wildman–Crippen LogP) is 4.85. The molecule has 6 nitrogen and oxygen atoms in total. The molecule has 1 aliphatic rings. The number of fused-ring (bicyclic) bond motifs is 1. The largest absolute Gasteiger partial charge is 0.370 e. The van der Waals surface area contributed by atoms with Crippen molar-refractivity contribution in [3.63, 3.8) is 0 Å². The van der Waals surface area contributed by atoms with Crippen LogP contribution in [0.5, 0.6) is 0 Å². The Hall–Kier alpha value is -3.40. The molecule has 0 saturated heterocycles. The van der Waals surface area contributed by atoms with Crippen molar-refractivity contribution in [2.75, 3.05) is 23.4 Å². The van der Waals surface area contributed by atoms with Crippen LogP contribution in [0.4, 0.5) is 15.8 Å². The zero-order valence-corrected chi connectivity index (χ0v) is 20.3. The van der Waals surface area contributed by atoms with Crippen LogP contribution in [0.1, 0.15) is 45.2 Å². The molecule has 178 valence electrons. The maximum atomic E-state index is 13.5. The smallest absolute Gasteiger partial charge is 0.252 e. The molecule has 7 heteroatoms. The lowest BCUT2D eigenvalue weighted by atomic mass is 9.88. The summed E-state index contributed by atoms with van der Waals surface area (Å²) < 4.78 is 15.1. The molecule has 1 saturated carbocycles. The van der Waals surface area contributed by atoms with Crippen molar-refractivity contribution in [2.45, 2.75) is 51.6 Å². The molecule has 0 radical (unpaired) electrons. The van der Waals surface area contributed by atoms with Crippen molar-refractivity contribution in [2.24, 2.45) is 13.0 Å². The summed E-state index contributed by atoms with van der Waals surface area (Å²) in [7, 11) is 3.75. The molecule has 0 N–H and O–H groups in total. The number of nitriles is 1. The lowest BCUT2D eigenvalue weighted by molar-refractivity contribution is 0.360. The van der Waals surface area contributed by atoms with E-state index in [0.29, 0.717) is 23.2 Å². The van der Waals surface area contributed by atoms with E-state index in [0.717, 1.165) is 49.1 Å². The molecule has 4 rings (SSSR count). The summed E-state index contributed by atoms with van der Waals surface area (Å²) >= 11 is 0. The summed E-state index contributed by atoms with van der Waals surface area (Å²) in [6, 6.07) is 14.7. The number of benzene rings is 1. The third kappa shape index (κ3) is 4.77. The second-order valence-electron chi connectivity index (χ2n) is 9.70. The first kappa shape index (κ1) is 23.7. The van der Waals surface area contributed by atoms with Gasteiger partial charge in [-0.15, -0.1) is 0 Å². The van der Waals surface area contributed by atoms with E-state index in [1.165, 1.54) is 12.1 Å². The predicted molar refractivity (Wildman–Crippen MR) is 135 cm³/mol. The van der Waals surface area contributed by atoms with Crippen molar-refractivity contribution in [1.29, 1.82) is 5.26 Å². The molecular formula is C27H32FN5O. The molecule has 1 aliphatic carbocycles. The average Bonchev–Trinajstić information content (AvgIpc) is 2.84. The molecule has 2 aromatic heterocycles.